The van der Waals surface area contributed by atoms with E-state index in [2.05, 4.69) is 20.5 Å². The number of fused-ring (bicyclic) bond motifs is 2. The summed E-state index contributed by atoms with van der Waals surface area (Å²) in [4.78, 5) is 20.7. The number of pyridine rings is 1. The first-order valence-corrected chi connectivity index (χ1v) is 10.5. The van der Waals surface area contributed by atoms with Crippen molar-refractivity contribution in [1.29, 1.82) is 0 Å². The van der Waals surface area contributed by atoms with Crippen LogP contribution >= 0.6 is 11.6 Å². The fourth-order valence-electron chi connectivity index (χ4n) is 4.64. The van der Waals surface area contributed by atoms with Gasteiger partial charge >= 0.3 is 6.18 Å². The molecule has 0 spiro atoms. The number of nitrogens with zero attached hydrogens (tertiary/aromatic N) is 5. The van der Waals surface area contributed by atoms with Crippen molar-refractivity contribution in [3.05, 3.63) is 65.1 Å². The third-order valence-electron chi connectivity index (χ3n) is 6.03. The summed E-state index contributed by atoms with van der Waals surface area (Å²) in [5, 5.41) is 11.3. The fraction of sp³-hybridized carbons (Fsp3) is 0.333. The summed E-state index contributed by atoms with van der Waals surface area (Å²) in [6.45, 7) is 0. The lowest BCUT2D eigenvalue weighted by atomic mass is 9.95. The van der Waals surface area contributed by atoms with Crippen molar-refractivity contribution in [3.63, 3.8) is 0 Å². The van der Waals surface area contributed by atoms with Crippen LogP contribution in [0.1, 0.15) is 35.2 Å². The average Bonchev–Trinajstić information content (AvgIpc) is 3.50. The minimum atomic E-state index is -4.51. The van der Waals surface area contributed by atoms with Gasteiger partial charge in [0.25, 0.3) is 5.91 Å². The molecular formula is C21H18ClF3N6O. The molecule has 7 nitrogen and oxygen atoms in total. The lowest BCUT2D eigenvalue weighted by Crippen LogP contribution is -2.40. The molecule has 3 atom stereocenters. The van der Waals surface area contributed by atoms with Gasteiger partial charge in [-0.1, -0.05) is 23.7 Å². The number of hydrogen-bond acceptors (Lipinski definition) is 5. The van der Waals surface area contributed by atoms with Gasteiger partial charge in [0.2, 0.25) is 0 Å². The van der Waals surface area contributed by atoms with Gasteiger partial charge in [0.05, 0.1) is 40.3 Å². The predicted molar refractivity (Wildman–Crippen MR) is 111 cm³/mol. The maximum atomic E-state index is 13.5. The van der Waals surface area contributed by atoms with Gasteiger partial charge in [-0.15, -0.1) is 0 Å². The minimum Gasteiger partial charge on any atom is -0.364 e. The third-order valence-corrected chi connectivity index (χ3v) is 6.32. The van der Waals surface area contributed by atoms with Crippen LogP contribution in [0.4, 0.5) is 19.0 Å². The molecule has 166 valence electrons. The Morgan fingerprint density at radius 2 is 1.91 bits per heavy atom. The van der Waals surface area contributed by atoms with Crippen molar-refractivity contribution < 1.29 is 18.0 Å². The summed E-state index contributed by atoms with van der Waals surface area (Å²) in [5.41, 5.74) is 0.180. The summed E-state index contributed by atoms with van der Waals surface area (Å²) in [6, 6.07) is 7.75. The van der Waals surface area contributed by atoms with E-state index in [1.165, 1.54) is 4.80 Å². The van der Waals surface area contributed by atoms with E-state index < -0.39 is 11.7 Å². The van der Waals surface area contributed by atoms with E-state index in [0.717, 1.165) is 25.1 Å². The number of aromatic nitrogens is 4. The largest absolute Gasteiger partial charge is 0.417 e. The van der Waals surface area contributed by atoms with E-state index in [-0.39, 0.29) is 34.9 Å². The zero-order chi connectivity index (χ0) is 22.5. The first kappa shape index (κ1) is 20.7. The van der Waals surface area contributed by atoms with E-state index in [4.69, 9.17) is 11.6 Å². The van der Waals surface area contributed by atoms with Gasteiger partial charge in [0, 0.05) is 18.3 Å². The molecule has 2 bridgehead atoms. The van der Waals surface area contributed by atoms with Crippen LogP contribution in [0.2, 0.25) is 5.02 Å². The van der Waals surface area contributed by atoms with Gasteiger partial charge in [-0.25, -0.2) is 4.98 Å². The zero-order valence-corrected chi connectivity index (χ0v) is 17.4. The fourth-order valence-corrected chi connectivity index (χ4v) is 4.86. The third kappa shape index (κ3) is 3.58. The molecule has 0 radical (unpaired) electrons. The molecule has 0 aliphatic carbocycles. The van der Waals surface area contributed by atoms with Crippen molar-refractivity contribution in [1.82, 2.24) is 24.9 Å². The van der Waals surface area contributed by atoms with Crippen LogP contribution in [-0.4, -0.2) is 48.9 Å². The molecule has 0 saturated carbocycles. The van der Waals surface area contributed by atoms with Gasteiger partial charge in [0.1, 0.15) is 5.82 Å². The molecule has 2 aliphatic heterocycles. The zero-order valence-electron chi connectivity index (χ0n) is 16.6. The lowest BCUT2D eigenvalue weighted by Gasteiger charge is -2.26. The maximum absolute atomic E-state index is 13.5. The summed E-state index contributed by atoms with van der Waals surface area (Å²) in [6.07, 6.45) is 1.65. The Morgan fingerprint density at radius 1 is 1.16 bits per heavy atom. The van der Waals surface area contributed by atoms with Crippen molar-refractivity contribution in [2.75, 3.05) is 5.32 Å². The van der Waals surface area contributed by atoms with Crippen molar-refractivity contribution in [3.8, 4) is 5.69 Å². The average molecular weight is 463 g/mol. The summed E-state index contributed by atoms with van der Waals surface area (Å²) < 4.78 is 38.7. The number of hydrogen-bond donors (Lipinski definition) is 1. The summed E-state index contributed by atoms with van der Waals surface area (Å²) in [7, 11) is 0. The molecular weight excluding hydrogens is 445 g/mol. The molecule has 2 saturated heterocycles. The highest BCUT2D eigenvalue weighted by atomic mass is 35.5. The summed E-state index contributed by atoms with van der Waals surface area (Å²) >= 11 is 6.07. The standard InChI is InChI=1S/C21H18ClF3N6O/c22-15-9-12(21(23,24)25)11-26-19(15)29-16-10-13-5-6-18(16)30(13)20(32)14-3-1-2-4-17(14)31-27-7-8-28-31/h1-4,7-9,11,13,16,18H,5-6,10H2,(H,26,29)/t13-,16-,18+/m1/s1. The van der Waals surface area contributed by atoms with Gasteiger partial charge < -0.3 is 10.2 Å². The number of halogens is 4. The van der Waals surface area contributed by atoms with Gasteiger partial charge in [-0.3, -0.25) is 4.79 Å². The first-order chi connectivity index (χ1) is 15.3. The van der Waals surface area contributed by atoms with Gasteiger partial charge in [-0.05, 0) is 37.5 Å². The molecule has 32 heavy (non-hydrogen) atoms. The highest BCUT2D eigenvalue weighted by molar-refractivity contribution is 6.33. The van der Waals surface area contributed by atoms with Crippen LogP contribution in [0.25, 0.3) is 5.69 Å². The van der Waals surface area contributed by atoms with Crippen molar-refractivity contribution in [2.45, 2.75) is 43.6 Å². The predicted octanol–water partition coefficient (Wildman–Crippen LogP) is 4.19. The normalized spacial score (nSPS) is 22.4. The number of para-hydroxylation sites is 1. The Kier molecular flexibility index (Phi) is 5.04. The molecule has 4 heterocycles. The van der Waals surface area contributed by atoms with Crippen LogP contribution in [0.3, 0.4) is 0 Å². The second kappa shape index (κ2) is 7.77. The number of carbonyl (C=O) groups excluding carboxylic acids is 1. The Morgan fingerprint density at radius 3 is 2.62 bits per heavy atom. The van der Waals surface area contributed by atoms with E-state index in [9.17, 15) is 18.0 Å². The highest BCUT2D eigenvalue weighted by Crippen LogP contribution is 2.41. The lowest BCUT2D eigenvalue weighted by molar-refractivity contribution is -0.137. The number of amides is 1. The number of benzene rings is 1. The molecule has 5 rings (SSSR count). The van der Waals surface area contributed by atoms with E-state index in [1.807, 2.05) is 11.0 Å². The quantitative estimate of drug-likeness (QED) is 0.629. The molecule has 3 aromatic rings. The Hall–Kier alpha value is -3.14. The molecule has 1 N–H and O–H groups in total. The number of anilines is 1. The van der Waals surface area contributed by atoms with Crippen LogP contribution in [0.5, 0.6) is 0 Å². The number of carbonyl (C=O) groups is 1. The Labute approximate surface area is 186 Å². The highest BCUT2D eigenvalue weighted by Gasteiger charge is 2.49. The van der Waals surface area contributed by atoms with Crippen LogP contribution in [-0.2, 0) is 6.18 Å². The topological polar surface area (TPSA) is 75.9 Å². The molecule has 1 aromatic carbocycles. The summed E-state index contributed by atoms with van der Waals surface area (Å²) in [5.74, 6) is 0.0620. The van der Waals surface area contributed by atoms with Crippen LogP contribution in [0, 0.1) is 0 Å². The van der Waals surface area contributed by atoms with Crippen molar-refractivity contribution in [2.24, 2.45) is 0 Å². The molecule has 0 unspecified atom stereocenters. The molecule has 2 aromatic heterocycles. The SMILES string of the molecule is O=C(c1ccccc1-n1nccn1)N1[C@@H]2CC[C@H]1[C@H](Nc1ncc(C(F)(F)F)cc1Cl)C2. The first-order valence-electron chi connectivity index (χ1n) is 10.1. The monoisotopic (exact) mass is 462 g/mol. The van der Waals surface area contributed by atoms with Gasteiger partial charge in [0.15, 0.2) is 0 Å². The van der Waals surface area contributed by atoms with Crippen LogP contribution in [0.15, 0.2) is 48.9 Å². The molecule has 11 heteroatoms. The molecule has 2 aliphatic rings. The van der Waals surface area contributed by atoms with E-state index in [1.54, 1.807) is 30.6 Å². The maximum Gasteiger partial charge on any atom is 0.417 e. The Balaban J connectivity index is 1.38. The molecule has 1 amide bonds. The Bertz CT molecular complexity index is 1150. The molecule has 2 fully saturated rings. The second-order valence-electron chi connectivity index (χ2n) is 7.89. The van der Waals surface area contributed by atoms with Gasteiger partial charge in [-0.2, -0.15) is 28.2 Å². The van der Waals surface area contributed by atoms with E-state index >= 15 is 0 Å². The smallest absolute Gasteiger partial charge is 0.364 e. The second-order valence-corrected chi connectivity index (χ2v) is 8.29. The van der Waals surface area contributed by atoms with Crippen molar-refractivity contribution >= 4 is 23.3 Å². The minimum absolute atomic E-state index is 0.0249. The number of nitrogens with one attached hydrogen (secondary N) is 1. The van der Waals surface area contributed by atoms with E-state index in [0.29, 0.717) is 17.7 Å². The van der Waals surface area contributed by atoms with Crippen LogP contribution < -0.4 is 5.32 Å². The number of rotatable bonds is 4. The number of alkyl halides is 3.